The number of rotatable bonds is 5. The molecule has 0 bridgehead atoms. The number of halogens is 1. The topological polar surface area (TPSA) is 29.3 Å². The smallest absolute Gasteiger partial charge is 0.127 e. The molecule has 1 heterocycles. The molecule has 0 radical (unpaired) electrons. The van der Waals surface area contributed by atoms with Gasteiger partial charge in [0.15, 0.2) is 0 Å². The van der Waals surface area contributed by atoms with Gasteiger partial charge >= 0.3 is 0 Å². The summed E-state index contributed by atoms with van der Waals surface area (Å²) in [7, 11) is 2.02. The number of thiophene rings is 1. The molecule has 0 saturated heterocycles. The van der Waals surface area contributed by atoms with Gasteiger partial charge in [-0.2, -0.15) is 0 Å². The molecule has 2 nitrogen and oxygen atoms in total. The highest BCUT2D eigenvalue weighted by atomic mass is 32.1. The minimum Gasteiger partial charge on any atom is -0.326 e. The molecule has 114 valence electrons. The number of hydrogen-bond donors (Lipinski definition) is 1. The fraction of sp³-hybridized carbons (Fsp3) is 0.412. The molecule has 0 spiro atoms. The first-order chi connectivity index (χ1) is 9.93. The SMILES string of the molecule is Cc1ccsc1C(C(C)N)N(C)C(C)c1ccccc1F. The van der Waals surface area contributed by atoms with E-state index in [2.05, 4.69) is 23.3 Å². The van der Waals surface area contributed by atoms with Crippen molar-refractivity contribution in [2.75, 3.05) is 7.05 Å². The number of nitrogens with two attached hydrogens (primary N) is 1. The van der Waals surface area contributed by atoms with Crippen molar-refractivity contribution in [1.29, 1.82) is 0 Å². The maximum absolute atomic E-state index is 14.0. The van der Waals surface area contributed by atoms with E-state index in [1.807, 2.05) is 33.0 Å². The van der Waals surface area contributed by atoms with Gasteiger partial charge in [-0.25, -0.2) is 4.39 Å². The molecule has 2 rings (SSSR count). The van der Waals surface area contributed by atoms with Crippen LogP contribution < -0.4 is 5.73 Å². The Morgan fingerprint density at radius 3 is 2.38 bits per heavy atom. The van der Waals surface area contributed by atoms with Crippen LogP contribution in [0.2, 0.25) is 0 Å². The average molecular weight is 306 g/mol. The Morgan fingerprint density at radius 1 is 1.19 bits per heavy atom. The van der Waals surface area contributed by atoms with E-state index in [1.54, 1.807) is 17.4 Å². The number of aryl methyl sites for hydroxylation is 1. The molecule has 0 aliphatic rings. The van der Waals surface area contributed by atoms with Gasteiger partial charge in [-0.15, -0.1) is 11.3 Å². The first kappa shape index (κ1) is 16.1. The molecular formula is C17H23FN2S. The lowest BCUT2D eigenvalue weighted by atomic mass is 9.99. The summed E-state index contributed by atoms with van der Waals surface area (Å²) in [5, 5.41) is 2.08. The summed E-state index contributed by atoms with van der Waals surface area (Å²) >= 11 is 1.72. The van der Waals surface area contributed by atoms with Gasteiger partial charge in [0.05, 0.1) is 6.04 Å². The van der Waals surface area contributed by atoms with Crippen LogP contribution in [0.4, 0.5) is 4.39 Å². The van der Waals surface area contributed by atoms with Crippen molar-refractivity contribution in [2.45, 2.75) is 38.9 Å². The second-order valence-corrected chi connectivity index (χ2v) is 6.58. The zero-order valence-electron chi connectivity index (χ0n) is 13.0. The molecule has 3 unspecified atom stereocenters. The van der Waals surface area contributed by atoms with Gasteiger partial charge in [-0.05, 0) is 50.9 Å². The standard InChI is InChI=1S/C17H23FN2S/c1-11-9-10-21-17(11)16(12(2)19)20(4)13(3)14-7-5-6-8-15(14)18/h5-10,12-13,16H,19H2,1-4H3. The predicted molar refractivity (Wildman–Crippen MR) is 88.0 cm³/mol. The molecule has 1 aromatic heterocycles. The van der Waals surface area contributed by atoms with Crippen molar-refractivity contribution in [3.8, 4) is 0 Å². The second kappa shape index (κ2) is 6.69. The molecule has 4 heteroatoms. The van der Waals surface area contributed by atoms with E-state index in [0.29, 0.717) is 5.56 Å². The summed E-state index contributed by atoms with van der Waals surface area (Å²) in [6, 6.07) is 9.08. The number of nitrogens with zero attached hydrogens (tertiary/aromatic N) is 1. The Hall–Kier alpha value is -1.23. The lowest BCUT2D eigenvalue weighted by Crippen LogP contribution is -2.38. The van der Waals surface area contributed by atoms with Crippen LogP contribution in [0.5, 0.6) is 0 Å². The summed E-state index contributed by atoms with van der Waals surface area (Å²) in [4.78, 5) is 3.43. The van der Waals surface area contributed by atoms with Gasteiger partial charge in [0.1, 0.15) is 5.82 Å². The van der Waals surface area contributed by atoms with Crippen LogP contribution in [0.3, 0.4) is 0 Å². The van der Waals surface area contributed by atoms with Gasteiger partial charge in [0.25, 0.3) is 0 Å². The third-order valence-corrected chi connectivity index (χ3v) is 5.16. The third-order valence-electron chi connectivity index (χ3n) is 4.07. The summed E-state index contributed by atoms with van der Waals surface area (Å²) in [5.74, 6) is -0.164. The van der Waals surface area contributed by atoms with E-state index in [9.17, 15) is 4.39 Å². The third kappa shape index (κ3) is 3.34. The summed E-state index contributed by atoms with van der Waals surface area (Å²) in [6.07, 6.45) is 0. The Labute approximate surface area is 130 Å². The van der Waals surface area contributed by atoms with Crippen LogP contribution in [-0.4, -0.2) is 18.0 Å². The number of hydrogen-bond acceptors (Lipinski definition) is 3. The molecule has 0 amide bonds. The van der Waals surface area contributed by atoms with E-state index in [1.165, 1.54) is 16.5 Å². The molecule has 0 saturated carbocycles. The van der Waals surface area contributed by atoms with Crippen molar-refractivity contribution in [3.63, 3.8) is 0 Å². The molecule has 3 atom stereocenters. The van der Waals surface area contributed by atoms with Crippen LogP contribution in [0.25, 0.3) is 0 Å². The van der Waals surface area contributed by atoms with Crippen molar-refractivity contribution < 1.29 is 4.39 Å². The number of likely N-dealkylation sites (N-methyl/N-ethyl adjacent to an activating group) is 1. The van der Waals surface area contributed by atoms with Crippen molar-refractivity contribution in [3.05, 3.63) is 57.5 Å². The van der Waals surface area contributed by atoms with Crippen LogP contribution in [0.1, 0.15) is 41.9 Å². The molecule has 0 fully saturated rings. The van der Waals surface area contributed by atoms with Crippen molar-refractivity contribution in [1.82, 2.24) is 4.90 Å². The number of benzene rings is 1. The van der Waals surface area contributed by atoms with Gasteiger partial charge in [-0.1, -0.05) is 18.2 Å². The monoisotopic (exact) mass is 306 g/mol. The molecule has 21 heavy (non-hydrogen) atoms. The highest BCUT2D eigenvalue weighted by Crippen LogP contribution is 2.35. The average Bonchev–Trinajstić information content (AvgIpc) is 2.84. The second-order valence-electron chi connectivity index (χ2n) is 5.63. The van der Waals surface area contributed by atoms with Crippen molar-refractivity contribution >= 4 is 11.3 Å². The molecule has 2 N–H and O–H groups in total. The lowest BCUT2D eigenvalue weighted by molar-refractivity contribution is 0.165. The maximum Gasteiger partial charge on any atom is 0.127 e. The fourth-order valence-corrected chi connectivity index (χ4v) is 3.95. The largest absolute Gasteiger partial charge is 0.326 e. The van der Waals surface area contributed by atoms with Crippen LogP contribution in [0.15, 0.2) is 35.7 Å². The summed E-state index contributed by atoms with van der Waals surface area (Å²) in [6.45, 7) is 6.13. The Kier molecular flexibility index (Phi) is 5.14. The van der Waals surface area contributed by atoms with Gasteiger partial charge in [-0.3, -0.25) is 4.90 Å². The minimum atomic E-state index is -0.164. The van der Waals surface area contributed by atoms with E-state index < -0.39 is 0 Å². The van der Waals surface area contributed by atoms with Crippen LogP contribution in [-0.2, 0) is 0 Å². The Bertz CT molecular complexity index is 594. The fourth-order valence-electron chi connectivity index (χ4n) is 2.76. The maximum atomic E-state index is 14.0. The first-order valence-electron chi connectivity index (χ1n) is 7.19. The molecule has 0 aliphatic heterocycles. The Balaban J connectivity index is 2.33. The normalized spacial score (nSPS) is 16.0. The quantitative estimate of drug-likeness (QED) is 0.893. The lowest BCUT2D eigenvalue weighted by Gasteiger charge is -2.36. The molecule has 0 aliphatic carbocycles. The van der Waals surface area contributed by atoms with Gasteiger partial charge in [0.2, 0.25) is 0 Å². The minimum absolute atomic E-state index is 0.0263. The first-order valence-corrected chi connectivity index (χ1v) is 8.07. The summed E-state index contributed by atoms with van der Waals surface area (Å²) in [5.41, 5.74) is 8.18. The van der Waals surface area contributed by atoms with Crippen LogP contribution in [0, 0.1) is 12.7 Å². The zero-order chi connectivity index (χ0) is 15.6. The van der Waals surface area contributed by atoms with Crippen molar-refractivity contribution in [2.24, 2.45) is 5.73 Å². The highest BCUT2D eigenvalue weighted by molar-refractivity contribution is 7.10. The van der Waals surface area contributed by atoms with Gasteiger partial charge in [0, 0.05) is 22.5 Å². The highest BCUT2D eigenvalue weighted by Gasteiger charge is 2.28. The predicted octanol–water partition coefficient (Wildman–Crippen LogP) is 4.28. The van der Waals surface area contributed by atoms with E-state index in [-0.39, 0.29) is 23.9 Å². The van der Waals surface area contributed by atoms with E-state index in [0.717, 1.165) is 0 Å². The molecule has 2 aromatic rings. The molecular weight excluding hydrogens is 283 g/mol. The molecule has 1 aromatic carbocycles. The summed E-state index contributed by atoms with van der Waals surface area (Å²) < 4.78 is 14.0. The Morgan fingerprint density at radius 2 is 1.86 bits per heavy atom. The van der Waals surface area contributed by atoms with Gasteiger partial charge < -0.3 is 5.73 Å². The van der Waals surface area contributed by atoms with E-state index >= 15 is 0 Å². The van der Waals surface area contributed by atoms with Crippen LogP contribution >= 0.6 is 11.3 Å². The van der Waals surface area contributed by atoms with E-state index in [4.69, 9.17) is 5.73 Å². The zero-order valence-corrected chi connectivity index (χ0v) is 13.8.